The Morgan fingerprint density at radius 1 is 1.23 bits per heavy atom. The standard InChI is InChI=1S/C22H27N5O3S/c1-4-20(28)27-12-14(2)9-15(13-27)26-21-17-7-8-23-22(17)25-11-18(21)19-6-5-16(10-24-19)31(3,29)30/h5-8,10-11,14-15H,4,9,12-13H2,1-3H3,(H2,23,25,26)/t14-,15+/m0/s1. The van der Waals surface area contributed by atoms with Crippen LogP contribution in [0.4, 0.5) is 5.69 Å². The molecule has 31 heavy (non-hydrogen) atoms. The van der Waals surface area contributed by atoms with Crippen LogP contribution in [0.3, 0.4) is 0 Å². The summed E-state index contributed by atoms with van der Waals surface area (Å²) in [5.74, 6) is 0.555. The fraction of sp³-hybridized carbons (Fsp3) is 0.409. The zero-order chi connectivity index (χ0) is 22.2. The number of carbonyl (C=O) groups excluding carboxylic acids is 1. The summed E-state index contributed by atoms with van der Waals surface area (Å²) in [6.07, 6.45) is 7.56. The van der Waals surface area contributed by atoms with E-state index in [2.05, 4.69) is 27.2 Å². The number of nitrogens with one attached hydrogen (secondary N) is 2. The Bertz CT molecular complexity index is 1200. The van der Waals surface area contributed by atoms with E-state index in [1.807, 2.05) is 24.1 Å². The number of rotatable bonds is 5. The van der Waals surface area contributed by atoms with Crippen LogP contribution in [-0.4, -0.2) is 59.6 Å². The number of amides is 1. The van der Waals surface area contributed by atoms with Gasteiger partial charge < -0.3 is 15.2 Å². The number of H-pyrrole nitrogens is 1. The quantitative estimate of drug-likeness (QED) is 0.630. The maximum Gasteiger partial charge on any atom is 0.222 e. The minimum atomic E-state index is -3.32. The van der Waals surface area contributed by atoms with E-state index >= 15 is 0 Å². The molecule has 0 bridgehead atoms. The lowest BCUT2D eigenvalue weighted by molar-refractivity contribution is -0.132. The molecule has 0 aliphatic carbocycles. The molecule has 0 saturated carbocycles. The summed E-state index contributed by atoms with van der Waals surface area (Å²) in [6.45, 7) is 5.47. The number of aromatic amines is 1. The molecular weight excluding hydrogens is 414 g/mol. The van der Waals surface area contributed by atoms with Gasteiger partial charge in [-0.3, -0.25) is 9.78 Å². The van der Waals surface area contributed by atoms with Gasteiger partial charge in [0.15, 0.2) is 9.84 Å². The topological polar surface area (TPSA) is 108 Å². The van der Waals surface area contributed by atoms with Gasteiger partial charge in [0.05, 0.1) is 16.3 Å². The molecule has 8 nitrogen and oxygen atoms in total. The van der Waals surface area contributed by atoms with Gasteiger partial charge in [0.1, 0.15) is 5.65 Å². The number of carbonyl (C=O) groups is 1. The molecule has 0 spiro atoms. The van der Waals surface area contributed by atoms with Crippen LogP contribution in [0.15, 0.2) is 41.7 Å². The van der Waals surface area contributed by atoms with Gasteiger partial charge in [-0.25, -0.2) is 13.4 Å². The molecular formula is C22H27N5O3S. The second-order valence-corrected chi connectivity index (χ2v) is 10.3. The van der Waals surface area contributed by atoms with Gasteiger partial charge >= 0.3 is 0 Å². The summed E-state index contributed by atoms with van der Waals surface area (Å²) < 4.78 is 23.6. The predicted molar refractivity (Wildman–Crippen MR) is 120 cm³/mol. The van der Waals surface area contributed by atoms with E-state index in [0.717, 1.165) is 41.5 Å². The zero-order valence-corrected chi connectivity index (χ0v) is 18.7. The van der Waals surface area contributed by atoms with Crippen LogP contribution >= 0.6 is 0 Å². The molecule has 2 atom stereocenters. The fourth-order valence-corrected chi connectivity index (χ4v) is 4.76. The summed E-state index contributed by atoms with van der Waals surface area (Å²) in [5, 5.41) is 4.58. The number of piperidine rings is 1. The van der Waals surface area contributed by atoms with Crippen LogP contribution in [0.25, 0.3) is 22.3 Å². The first-order valence-electron chi connectivity index (χ1n) is 10.4. The molecule has 4 heterocycles. The summed E-state index contributed by atoms with van der Waals surface area (Å²) >= 11 is 0. The fourth-order valence-electron chi connectivity index (χ4n) is 4.20. The Hall–Kier alpha value is -2.94. The molecule has 1 amide bonds. The first-order chi connectivity index (χ1) is 14.8. The van der Waals surface area contributed by atoms with Gasteiger partial charge in [-0.2, -0.15) is 0 Å². The van der Waals surface area contributed by atoms with Gasteiger partial charge in [0.25, 0.3) is 0 Å². The van der Waals surface area contributed by atoms with Crippen molar-refractivity contribution in [3.8, 4) is 11.3 Å². The van der Waals surface area contributed by atoms with E-state index in [4.69, 9.17) is 0 Å². The van der Waals surface area contributed by atoms with Crippen molar-refractivity contribution in [1.29, 1.82) is 0 Å². The highest BCUT2D eigenvalue weighted by atomic mass is 32.2. The van der Waals surface area contributed by atoms with Crippen molar-refractivity contribution in [2.75, 3.05) is 24.7 Å². The molecule has 0 aromatic carbocycles. The molecule has 3 aromatic heterocycles. The Balaban J connectivity index is 1.71. The number of hydrogen-bond donors (Lipinski definition) is 2. The van der Waals surface area contributed by atoms with Crippen molar-refractivity contribution >= 4 is 32.5 Å². The lowest BCUT2D eigenvalue weighted by Gasteiger charge is -2.37. The lowest BCUT2D eigenvalue weighted by atomic mass is 9.95. The molecule has 1 aliphatic rings. The molecule has 3 aromatic rings. The Morgan fingerprint density at radius 2 is 2.03 bits per heavy atom. The summed E-state index contributed by atoms with van der Waals surface area (Å²) in [4.78, 5) is 26.4. The summed E-state index contributed by atoms with van der Waals surface area (Å²) in [7, 11) is -3.32. The molecule has 4 rings (SSSR count). The average Bonchev–Trinajstić information content (AvgIpc) is 3.22. The maximum atomic E-state index is 12.3. The van der Waals surface area contributed by atoms with Gasteiger partial charge in [-0.15, -0.1) is 0 Å². The number of likely N-dealkylation sites (tertiary alicyclic amines) is 1. The second kappa shape index (κ2) is 8.30. The van der Waals surface area contributed by atoms with Gasteiger partial charge in [-0.1, -0.05) is 13.8 Å². The van der Waals surface area contributed by atoms with Crippen molar-refractivity contribution in [2.45, 2.75) is 37.6 Å². The van der Waals surface area contributed by atoms with E-state index in [0.29, 0.717) is 24.6 Å². The minimum Gasteiger partial charge on any atom is -0.379 e. The molecule has 1 aliphatic heterocycles. The highest BCUT2D eigenvalue weighted by Crippen LogP contribution is 2.34. The number of sulfone groups is 1. The van der Waals surface area contributed by atoms with Crippen molar-refractivity contribution < 1.29 is 13.2 Å². The van der Waals surface area contributed by atoms with Crippen molar-refractivity contribution in [2.24, 2.45) is 5.92 Å². The maximum absolute atomic E-state index is 12.3. The van der Waals surface area contributed by atoms with E-state index in [1.54, 1.807) is 18.3 Å². The molecule has 0 radical (unpaired) electrons. The van der Waals surface area contributed by atoms with Gasteiger partial charge in [-0.05, 0) is 30.5 Å². The third-order valence-corrected chi connectivity index (χ3v) is 6.79. The molecule has 1 saturated heterocycles. The van der Waals surface area contributed by atoms with E-state index in [1.165, 1.54) is 6.20 Å². The van der Waals surface area contributed by atoms with Crippen LogP contribution in [0.5, 0.6) is 0 Å². The Kier molecular flexibility index (Phi) is 5.70. The zero-order valence-electron chi connectivity index (χ0n) is 17.9. The Labute approximate surface area is 182 Å². The number of pyridine rings is 2. The number of anilines is 1. The van der Waals surface area contributed by atoms with Crippen molar-refractivity contribution in [3.63, 3.8) is 0 Å². The second-order valence-electron chi connectivity index (χ2n) is 8.27. The van der Waals surface area contributed by atoms with Crippen LogP contribution in [0.2, 0.25) is 0 Å². The van der Waals surface area contributed by atoms with Crippen molar-refractivity contribution in [1.82, 2.24) is 19.9 Å². The highest BCUT2D eigenvalue weighted by Gasteiger charge is 2.28. The third-order valence-electron chi connectivity index (χ3n) is 5.69. The highest BCUT2D eigenvalue weighted by molar-refractivity contribution is 7.90. The summed E-state index contributed by atoms with van der Waals surface area (Å²) in [6, 6.07) is 5.31. The number of nitrogens with zero attached hydrogens (tertiary/aromatic N) is 3. The number of aromatic nitrogens is 3. The van der Waals surface area contributed by atoms with Crippen LogP contribution < -0.4 is 5.32 Å². The molecule has 1 fully saturated rings. The monoisotopic (exact) mass is 441 g/mol. The van der Waals surface area contributed by atoms with Gasteiger partial charge in [0, 0.05) is 61.3 Å². The van der Waals surface area contributed by atoms with E-state index in [-0.39, 0.29) is 16.8 Å². The molecule has 0 unspecified atom stereocenters. The van der Waals surface area contributed by atoms with E-state index < -0.39 is 9.84 Å². The number of fused-ring (bicyclic) bond motifs is 1. The van der Waals surface area contributed by atoms with Crippen molar-refractivity contribution in [3.05, 3.63) is 36.8 Å². The smallest absolute Gasteiger partial charge is 0.222 e. The van der Waals surface area contributed by atoms with Crippen LogP contribution in [0.1, 0.15) is 26.7 Å². The van der Waals surface area contributed by atoms with Crippen LogP contribution in [-0.2, 0) is 14.6 Å². The largest absolute Gasteiger partial charge is 0.379 e. The first kappa shape index (κ1) is 21.3. The SMILES string of the molecule is CCC(=O)N1C[C@@H](C)C[C@@H](Nc2c(-c3ccc(S(C)(=O)=O)cn3)cnc3[nH]ccc23)C1. The molecule has 164 valence electrons. The Morgan fingerprint density at radius 3 is 2.71 bits per heavy atom. The lowest BCUT2D eigenvalue weighted by Crippen LogP contribution is -2.48. The summed E-state index contributed by atoms with van der Waals surface area (Å²) in [5.41, 5.74) is 3.06. The predicted octanol–water partition coefficient (Wildman–Crippen LogP) is 3.09. The minimum absolute atomic E-state index is 0.0915. The molecule has 2 N–H and O–H groups in total. The van der Waals surface area contributed by atoms with Gasteiger partial charge in [0.2, 0.25) is 5.91 Å². The first-order valence-corrected chi connectivity index (χ1v) is 12.3. The van der Waals surface area contributed by atoms with Crippen LogP contribution in [0, 0.1) is 5.92 Å². The molecule has 9 heteroatoms. The normalized spacial score (nSPS) is 19.5. The average molecular weight is 442 g/mol. The third kappa shape index (κ3) is 4.41. The van der Waals surface area contributed by atoms with E-state index in [9.17, 15) is 13.2 Å². The number of hydrogen-bond acceptors (Lipinski definition) is 6.